The Kier molecular flexibility index (Phi) is 8.26. The van der Waals surface area contributed by atoms with Crippen molar-refractivity contribution in [2.24, 2.45) is 11.7 Å². The van der Waals surface area contributed by atoms with Crippen LogP contribution in [0.2, 0.25) is 0 Å². The summed E-state index contributed by atoms with van der Waals surface area (Å²) >= 11 is 0. The van der Waals surface area contributed by atoms with Crippen molar-refractivity contribution >= 4 is 35.7 Å². The summed E-state index contributed by atoms with van der Waals surface area (Å²) in [7, 11) is 0. The number of benzene rings is 2. The van der Waals surface area contributed by atoms with E-state index in [0.717, 1.165) is 36.9 Å². The number of anilines is 2. The molecule has 3 amide bonds. The van der Waals surface area contributed by atoms with Gasteiger partial charge in [0.1, 0.15) is 0 Å². The molecule has 2 aromatic carbocycles. The highest BCUT2D eigenvalue weighted by Gasteiger charge is 2.38. The van der Waals surface area contributed by atoms with Gasteiger partial charge in [-0.05, 0) is 56.5 Å². The maximum atomic E-state index is 12.7. The summed E-state index contributed by atoms with van der Waals surface area (Å²) in [6.45, 7) is 3.93. The Morgan fingerprint density at radius 3 is 2.20 bits per heavy atom. The van der Waals surface area contributed by atoms with Gasteiger partial charge in [0.25, 0.3) is 0 Å². The van der Waals surface area contributed by atoms with E-state index in [2.05, 4.69) is 16.0 Å². The van der Waals surface area contributed by atoms with Crippen LogP contribution in [0.15, 0.2) is 54.6 Å². The first kappa shape index (κ1) is 23.7. The lowest BCUT2D eigenvalue weighted by Gasteiger charge is -2.37. The minimum atomic E-state index is -0.443. The van der Waals surface area contributed by atoms with Crippen molar-refractivity contribution in [1.29, 1.82) is 0 Å². The molecule has 0 heterocycles. The zero-order valence-corrected chi connectivity index (χ0v) is 18.3. The van der Waals surface area contributed by atoms with Crippen LogP contribution in [0.25, 0.3) is 0 Å². The first-order chi connectivity index (χ1) is 13.8. The van der Waals surface area contributed by atoms with E-state index in [0.29, 0.717) is 5.69 Å². The van der Waals surface area contributed by atoms with Crippen LogP contribution in [0.4, 0.5) is 16.2 Å². The van der Waals surface area contributed by atoms with Gasteiger partial charge in [-0.1, -0.05) is 43.2 Å². The van der Waals surface area contributed by atoms with Crippen molar-refractivity contribution in [2.75, 3.05) is 10.6 Å². The second kappa shape index (κ2) is 10.5. The van der Waals surface area contributed by atoms with Crippen LogP contribution in [-0.2, 0) is 4.79 Å². The molecule has 0 saturated heterocycles. The molecular formula is C23H31ClN4O2. The molecule has 0 aliphatic heterocycles. The standard InChI is InChI=1S/C23H30N4O2.ClH/c1-16(25-21(28)20-10-6-7-15-23(20,2)24)17-11-13-19(14-12-17)27-22(29)26-18-8-4-3-5-9-18;/h3-5,8-9,11-14,16,20H,6-7,10,15,24H2,1-2H3,(H,25,28)(H2,26,27,29);1H. The number of nitrogens with two attached hydrogens (primary N) is 1. The molecule has 3 unspecified atom stereocenters. The molecule has 0 radical (unpaired) electrons. The number of para-hydroxylation sites is 1. The number of rotatable bonds is 5. The average molecular weight is 431 g/mol. The third-order valence-corrected chi connectivity index (χ3v) is 5.63. The van der Waals surface area contributed by atoms with E-state index in [4.69, 9.17) is 5.73 Å². The number of carbonyl (C=O) groups is 2. The SMILES string of the molecule is CC(NC(=O)C1CCCCC1(C)N)c1ccc(NC(=O)Nc2ccccc2)cc1.Cl. The fourth-order valence-corrected chi connectivity index (χ4v) is 3.86. The Morgan fingerprint density at radius 1 is 1.00 bits per heavy atom. The van der Waals surface area contributed by atoms with Crippen molar-refractivity contribution in [3.05, 3.63) is 60.2 Å². The average Bonchev–Trinajstić information content (AvgIpc) is 2.68. The van der Waals surface area contributed by atoms with E-state index >= 15 is 0 Å². The molecule has 5 N–H and O–H groups in total. The van der Waals surface area contributed by atoms with Crippen molar-refractivity contribution in [3.8, 4) is 0 Å². The molecule has 0 aromatic heterocycles. The van der Waals surface area contributed by atoms with Gasteiger partial charge in [-0.2, -0.15) is 0 Å². The Morgan fingerprint density at radius 2 is 1.60 bits per heavy atom. The molecule has 1 aliphatic carbocycles. The molecule has 30 heavy (non-hydrogen) atoms. The summed E-state index contributed by atoms with van der Waals surface area (Å²) < 4.78 is 0. The lowest BCUT2D eigenvalue weighted by molar-refractivity contribution is -0.128. The summed E-state index contributed by atoms with van der Waals surface area (Å²) in [5, 5.41) is 8.68. The maximum Gasteiger partial charge on any atom is 0.323 e. The number of halogens is 1. The number of nitrogens with one attached hydrogen (secondary N) is 3. The third kappa shape index (κ3) is 6.21. The Bertz CT molecular complexity index is 840. The highest BCUT2D eigenvalue weighted by molar-refractivity contribution is 5.99. The summed E-state index contributed by atoms with van der Waals surface area (Å²) in [6, 6.07) is 16.3. The van der Waals surface area contributed by atoms with Crippen LogP contribution in [0, 0.1) is 5.92 Å². The minimum absolute atomic E-state index is 0. The van der Waals surface area contributed by atoms with Gasteiger partial charge in [0, 0.05) is 16.9 Å². The normalized spacial score (nSPS) is 21.6. The first-order valence-electron chi connectivity index (χ1n) is 10.2. The van der Waals surface area contributed by atoms with Crippen molar-refractivity contribution in [2.45, 2.75) is 51.1 Å². The molecule has 7 heteroatoms. The zero-order valence-electron chi connectivity index (χ0n) is 17.5. The quantitative estimate of drug-likeness (QED) is 0.546. The minimum Gasteiger partial charge on any atom is -0.349 e. The predicted octanol–water partition coefficient (Wildman–Crippen LogP) is 4.84. The third-order valence-electron chi connectivity index (χ3n) is 5.63. The van der Waals surface area contributed by atoms with Crippen LogP contribution in [-0.4, -0.2) is 17.5 Å². The smallest absolute Gasteiger partial charge is 0.323 e. The van der Waals surface area contributed by atoms with E-state index in [9.17, 15) is 9.59 Å². The van der Waals surface area contributed by atoms with Gasteiger partial charge >= 0.3 is 6.03 Å². The lowest BCUT2D eigenvalue weighted by Crippen LogP contribution is -2.53. The van der Waals surface area contributed by atoms with E-state index in [1.807, 2.05) is 68.4 Å². The largest absolute Gasteiger partial charge is 0.349 e. The van der Waals surface area contributed by atoms with E-state index < -0.39 is 5.54 Å². The van der Waals surface area contributed by atoms with E-state index in [1.165, 1.54) is 0 Å². The number of urea groups is 1. The summed E-state index contributed by atoms with van der Waals surface area (Å²) in [4.78, 5) is 24.8. The first-order valence-corrected chi connectivity index (χ1v) is 10.2. The van der Waals surface area contributed by atoms with E-state index in [1.54, 1.807) is 0 Å². The van der Waals surface area contributed by atoms with Crippen molar-refractivity contribution in [3.63, 3.8) is 0 Å². The second-order valence-corrected chi connectivity index (χ2v) is 8.10. The fourth-order valence-electron chi connectivity index (χ4n) is 3.86. The van der Waals surface area contributed by atoms with Crippen LogP contribution >= 0.6 is 12.4 Å². The number of hydrogen-bond donors (Lipinski definition) is 4. The topological polar surface area (TPSA) is 96.2 Å². The molecular weight excluding hydrogens is 400 g/mol. The maximum absolute atomic E-state index is 12.7. The van der Waals surface area contributed by atoms with Gasteiger partial charge in [0.2, 0.25) is 5.91 Å². The van der Waals surface area contributed by atoms with Crippen molar-refractivity contribution < 1.29 is 9.59 Å². The molecule has 3 atom stereocenters. The van der Waals surface area contributed by atoms with Gasteiger partial charge in [-0.3, -0.25) is 4.79 Å². The molecule has 3 rings (SSSR count). The number of amides is 3. The Labute approximate surface area is 184 Å². The summed E-state index contributed by atoms with van der Waals surface area (Å²) in [5.74, 6) is -0.132. The second-order valence-electron chi connectivity index (χ2n) is 8.10. The molecule has 1 fully saturated rings. The molecule has 162 valence electrons. The molecule has 0 spiro atoms. The van der Waals surface area contributed by atoms with Crippen LogP contribution in [0.3, 0.4) is 0 Å². The molecule has 6 nitrogen and oxygen atoms in total. The Hall–Kier alpha value is -2.57. The van der Waals surface area contributed by atoms with Gasteiger partial charge in [0.15, 0.2) is 0 Å². The fraction of sp³-hybridized carbons (Fsp3) is 0.391. The molecule has 1 saturated carbocycles. The lowest BCUT2D eigenvalue weighted by atomic mass is 9.74. The highest BCUT2D eigenvalue weighted by Crippen LogP contribution is 2.32. The number of carbonyl (C=O) groups excluding carboxylic acids is 2. The van der Waals surface area contributed by atoms with Gasteiger partial charge in [-0.25, -0.2) is 4.79 Å². The van der Waals surface area contributed by atoms with Crippen LogP contribution in [0.1, 0.15) is 51.1 Å². The van der Waals surface area contributed by atoms with Gasteiger partial charge in [0.05, 0.1) is 12.0 Å². The van der Waals surface area contributed by atoms with Crippen LogP contribution in [0.5, 0.6) is 0 Å². The molecule has 2 aromatic rings. The highest BCUT2D eigenvalue weighted by atomic mass is 35.5. The summed E-state index contributed by atoms with van der Waals surface area (Å²) in [5.41, 5.74) is 8.30. The number of hydrogen-bond acceptors (Lipinski definition) is 3. The zero-order chi connectivity index (χ0) is 20.9. The van der Waals surface area contributed by atoms with Crippen molar-refractivity contribution in [1.82, 2.24) is 5.32 Å². The monoisotopic (exact) mass is 430 g/mol. The molecule has 1 aliphatic rings. The van der Waals surface area contributed by atoms with Crippen LogP contribution < -0.4 is 21.7 Å². The van der Waals surface area contributed by atoms with E-state index in [-0.39, 0.29) is 36.3 Å². The molecule has 0 bridgehead atoms. The Balaban J connectivity index is 0.00000320. The van der Waals surface area contributed by atoms with Gasteiger partial charge in [-0.15, -0.1) is 12.4 Å². The summed E-state index contributed by atoms with van der Waals surface area (Å²) in [6.07, 6.45) is 3.85. The predicted molar refractivity (Wildman–Crippen MR) is 124 cm³/mol. The van der Waals surface area contributed by atoms with Gasteiger partial charge < -0.3 is 21.7 Å².